The molecule has 0 aliphatic heterocycles. The van der Waals surface area contributed by atoms with Crippen LogP contribution in [0.1, 0.15) is 28.2 Å². The van der Waals surface area contributed by atoms with E-state index in [0.29, 0.717) is 21.4 Å². The van der Waals surface area contributed by atoms with E-state index in [1.165, 1.54) is 11.3 Å². The number of aryl methyl sites for hydroxylation is 1. The number of ether oxygens (including phenoxy) is 1. The van der Waals surface area contributed by atoms with Gasteiger partial charge in [0.25, 0.3) is 0 Å². The lowest BCUT2D eigenvalue weighted by Crippen LogP contribution is -2.06. The van der Waals surface area contributed by atoms with Gasteiger partial charge in [-0.3, -0.25) is 10.1 Å². The average molecular weight is 296 g/mol. The molecule has 7 nitrogen and oxygen atoms in total. The summed E-state index contributed by atoms with van der Waals surface area (Å²) in [6.07, 6.45) is 0. The molecule has 0 radical (unpaired) electrons. The number of carbonyl (C=O) groups is 1. The summed E-state index contributed by atoms with van der Waals surface area (Å²) in [5.41, 5.74) is 0.0962. The van der Waals surface area contributed by atoms with Gasteiger partial charge in [0.2, 0.25) is 6.54 Å². The smallest absolute Gasteiger partial charge is 0.361 e. The number of oxazole rings is 1. The molecule has 0 amide bonds. The summed E-state index contributed by atoms with van der Waals surface area (Å²) in [5, 5.41) is 10.5. The van der Waals surface area contributed by atoms with Crippen molar-refractivity contribution in [3.63, 3.8) is 0 Å². The second-order valence-electron chi connectivity index (χ2n) is 3.89. The Morgan fingerprint density at radius 3 is 2.95 bits per heavy atom. The van der Waals surface area contributed by atoms with Crippen LogP contribution in [0.4, 0.5) is 0 Å². The molecule has 0 bridgehead atoms. The zero-order valence-corrected chi connectivity index (χ0v) is 11.7. The van der Waals surface area contributed by atoms with Crippen molar-refractivity contribution >= 4 is 17.3 Å². The molecule has 0 atom stereocenters. The van der Waals surface area contributed by atoms with E-state index < -0.39 is 10.9 Å². The van der Waals surface area contributed by atoms with Gasteiger partial charge in [-0.2, -0.15) is 0 Å². The Balaban J connectivity index is 2.34. The fourth-order valence-electron chi connectivity index (χ4n) is 1.64. The number of nitrogens with zero attached hydrogens (tertiary/aromatic N) is 2. The van der Waals surface area contributed by atoms with Crippen LogP contribution in [-0.2, 0) is 11.3 Å². The van der Waals surface area contributed by atoms with Crippen molar-refractivity contribution in [2.45, 2.75) is 20.4 Å². The molecule has 106 valence electrons. The molecule has 2 aromatic heterocycles. The van der Waals surface area contributed by atoms with Crippen molar-refractivity contribution in [1.29, 1.82) is 0 Å². The lowest BCUT2D eigenvalue weighted by Gasteiger charge is -1.98. The molecule has 0 unspecified atom stereocenters. The Labute approximate surface area is 118 Å². The molecule has 2 rings (SSSR count). The Morgan fingerprint density at radius 2 is 2.30 bits per heavy atom. The largest absolute Gasteiger partial charge is 0.461 e. The first-order chi connectivity index (χ1) is 9.51. The first-order valence-electron chi connectivity index (χ1n) is 5.86. The second kappa shape index (κ2) is 5.83. The molecule has 0 aliphatic carbocycles. The van der Waals surface area contributed by atoms with Crippen LogP contribution >= 0.6 is 11.3 Å². The maximum absolute atomic E-state index is 11.8. The Morgan fingerprint density at radius 1 is 1.55 bits per heavy atom. The molecular formula is C12H12N2O5S. The SMILES string of the molecule is CCOC(=O)c1nc(C)oc1-c1ccc(C[N+](=O)[O-])s1. The van der Waals surface area contributed by atoms with Gasteiger partial charge in [-0.25, -0.2) is 9.78 Å². The van der Waals surface area contributed by atoms with Crippen LogP contribution in [-0.4, -0.2) is 22.5 Å². The van der Waals surface area contributed by atoms with Crippen LogP contribution in [0.15, 0.2) is 16.5 Å². The van der Waals surface area contributed by atoms with Gasteiger partial charge in [0.05, 0.1) is 16.4 Å². The fraction of sp³-hybridized carbons (Fsp3) is 0.333. The van der Waals surface area contributed by atoms with E-state index in [-0.39, 0.29) is 18.8 Å². The summed E-state index contributed by atoms with van der Waals surface area (Å²) < 4.78 is 10.3. The maximum Gasteiger partial charge on any atom is 0.361 e. The van der Waals surface area contributed by atoms with Crippen molar-refractivity contribution < 1.29 is 18.9 Å². The van der Waals surface area contributed by atoms with Crippen LogP contribution in [0.25, 0.3) is 10.6 Å². The molecule has 0 aliphatic rings. The van der Waals surface area contributed by atoms with Crippen LogP contribution in [0.5, 0.6) is 0 Å². The van der Waals surface area contributed by atoms with Gasteiger partial charge < -0.3 is 9.15 Å². The molecule has 0 aromatic carbocycles. The molecule has 0 saturated carbocycles. The van der Waals surface area contributed by atoms with Crippen molar-refractivity contribution in [2.24, 2.45) is 0 Å². The van der Waals surface area contributed by atoms with Crippen LogP contribution in [0.3, 0.4) is 0 Å². The van der Waals surface area contributed by atoms with Gasteiger partial charge in [0.1, 0.15) is 0 Å². The summed E-state index contributed by atoms with van der Waals surface area (Å²) in [5.74, 6) is 0.0661. The van der Waals surface area contributed by atoms with Crippen molar-refractivity contribution in [3.05, 3.63) is 38.7 Å². The Kier molecular flexibility index (Phi) is 4.14. The third-order valence-corrected chi connectivity index (χ3v) is 3.44. The second-order valence-corrected chi connectivity index (χ2v) is 5.06. The Bertz CT molecular complexity index is 646. The normalized spacial score (nSPS) is 10.5. The predicted octanol–water partition coefficient (Wildman–Crippen LogP) is 2.66. The van der Waals surface area contributed by atoms with Gasteiger partial charge in [-0.15, -0.1) is 11.3 Å². The summed E-state index contributed by atoms with van der Waals surface area (Å²) >= 11 is 1.19. The van der Waals surface area contributed by atoms with E-state index in [9.17, 15) is 14.9 Å². The molecule has 0 spiro atoms. The van der Waals surface area contributed by atoms with Gasteiger partial charge in [-0.1, -0.05) is 0 Å². The first-order valence-corrected chi connectivity index (χ1v) is 6.68. The number of thiophene rings is 1. The minimum absolute atomic E-state index is 0.0962. The van der Waals surface area contributed by atoms with Gasteiger partial charge in [0, 0.05) is 11.8 Å². The molecule has 20 heavy (non-hydrogen) atoms. The maximum atomic E-state index is 11.8. The molecule has 0 fully saturated rings. The number of aromatic nitrogens is 1. The first kappa shape index (κ1) is 14.2. The van der Waals surface area contributed by atoms with E-state index in [2.05, 4.69) is 4.98 Å². The molecule has 2 heterocycles. The zero-order chi connectivity index (χ0) is 14.7. The topological polar surface area (TPSA) is 95.5 Å². The van der Waals surface area contributed by atoms with Gasteiger partial charge in [-0.05, 0) is 19.1 Å². The number of nitro groups is 1. The van der Waals surface area contributed by atoms with E-state index in [1.54, 1.807) is 26.0 Å². The molecule has 0 saturated heterocycles. The van der Waals surface area contributed by atoms with Gasteiger partial charge in [0.15, 0.2) is 17.3 Å². The van der Waals surface area contributed by atoms with Crippen LogP contribution < -0.4 is 0 Å². The quantitative estimate of drug-likeness (QED) is 0.478. The minimum Gasteiger partial charge on any atom is -0.461 e. The van der Waals surface area contributed by atoms with Crippen LogP contribution in [0.2, 0.25) is 0 Å². The van der Waals surface area contributed by atoms with Crippen LogP contribution in [0, 0.1) is 17.0 Å². The summed E-state index contributed by atoms with van der Waals surface area (Å²) in [6, 6.07) is 3.31. The molecule has 2 aromatic rings. The molecule has 0 N–H and O–H groups in total. The number of hydrogen-bond acceptors (Lipinski definition) is 7. The van der Waals surface area contributed by atoms with E-state index in [4.69, 9.17) is 9.15 Å². The van der Waals surface area contributed by atoms with Crippen molar-refractivity contribution in [2.75, 3.05) is 6.61 Å². The standard InChI is InChI=1S/C12H12N2O5S/c1-3-18-12(15)10-11(19-7(2)13-10)9-5-4-8(20-9)6-14(16)17/h4-5H,3,6H2,1-2H3. The highest BCUT2D eigenvalue weighted by molar-refractivity contribution is 7.15. The monoisotopic (exact) mass is 296 g/mol. The Hall–Kier alpha value is -2.22. The lowest BCUT2D eigenvalue weighted by atomic mass is 10.3. The number of hydrogen-bond donors (Lipinski definition) is 0. The lowest BCUT2D eigenvalue weighted by molar-refractivity contribution is -0.496. The highest BCUT2D eigenvalue weighted by Crippen LogP contribution is 2.32. The van der Waals surface area contributed by atoms with Gasteiger partial charge >= 0.3 is 5.97 Å². The minimum atomic E-state index is -0.566. The average Bonchev–Trinajstić information content (AvgIpc) is 2.95. The third-order valence-electron chi connectivity index (χ3n) is 2.37. The van der Waals surface area contributed by atoms with Crippen molar-refractivity contribution in [1.82, 2.24) is 4.98 Å². The third kappa shape index (κ3) is 3.02. The van der Waals surface area contributed by atoms with E-state index in [1.807, 2.05) is 0 Å². The summed E-state index contributed by atoms with van der Waals surface area (Å²) in [6.45, 7) is 3.30. The highest BCUT2D eigenvalue weighted by Gasteiger charge is 2.23. The fourth-order valence-corrected chi connectivity index (χ4v) is 2.60. The molecule has 8 heteroatoms. The number of esters is 1. The van der Waals surface area contributed by atoms with E-state index >= 15 is 0 Å². The van der Waals surface area contributed by atoms with E-state index in [0.717, 1.165) is 0 Å². The highest BCUT2D eigenvalue weighted by atomic mass is 32.1. The summed E-state index contributed by atoms with van der Waals surface area (Å²) in [4.78, 5) is 27.1. The number of rotatable bonds is 5. The summed E-state index contributed by atoms with van der Waals surface area (Å²) in [7, 11) is 0. The molecular weight excluding hydrogens is 284 g/mol. The zero-order valence-electron chi connectivity index (χ0n) is 10.9. The number of carbonyl (C=O) groups excluding carboxylic acids is 1. The van der Waals surface area contributed by atoms with Crippen molar-refractivity contribution in [3.8, 4) is 10.6 Å². The predicted molar refractivity (Wildman–Crippen MR) is 71.2 cm³/mol.